The van der Waals surface area contributed by atoms with Crippen molar-refractivity contribution in [2.45, 2.75) is 78.3 Å². The quantitative estimate of drug-likeness (QED) is 0.782. The summed E-state index contributed by atoms with van der Waals surface area (Å²) in [6.45, 7) is 8.48. The fourth-order valence-electron chi connectivity index (χ4n) is 7.01. The maximum atomic E-state index is 9.87. The lowest BCUT2D eigenvalue weighted by Crippen LogP contribution is -2.67. The highest BCUT2D eigenvalue weighted by atomic mass is 16.8. The van der Waals surface area contributed by atoms with Gasteiger partial charge in [-0.1, -0.05) is 27.7 Å². The first-order chi connectivity index (χ1) is 10.2. The highest BCUT2D eigenvalue weighted by Crippen LogP contribution is 2.89. The summed E-state index contributed by atoms with van der Waals surface area (Å²) in [4.78, 5) is 0. The summed E-state index contributed by atoms with van der Waals surface area (Å²) in [7, 11) is 1.52. The van der Waals surface area contributed by atoms with Gasteiger partial charge in [0.05, 0.1) is 5.60 Å². The largest absolute Gasteiger partial charge is 0.346 e. The summed E-state index contributed by atoms with van der Waals surface area (Å²) >= 11 is 0. The first-order valence-corrected chi connectivity index (χ1v) is 9.05. The van der Waals surface area contributed by atoms with Crippen molar-refractivity contribution in [3.8, 4) is 0 Å². The average Bonchev–Trinajstić information content (AvgIpc) is 2.81. The van der Waals surface area contributed by atoms with Crippen molar-refractivity contribution in [1.29, 1.82) is 0 Å². The van der Waals surface area contributed by atoms with Crippen LogP contribution in [0.15, 0.2) is 0 Å². The third kappa shape index (κ3) is 1.68. The zero-order valence-corrected chi connectivity index (χ0v) is 14.8. The maximum Gasteiger partial charge on any atom is 0.269 e. The number of hydrogen-bond acceptors (Lipinski definition) is 3. The van der Waals surface area contributed by atoms with Gasteiger partial charge in [0.2, 0.25) is 0 Å². The van der Waals surface area contributed by atoms with E-state index in [0.717, 1.165) is 30.6 Å². The number of ether oxygens (including phenoxy) is 2. The Morgan fingerprint density at radius 1 is 1.18 bits per heavy atom. The summed E-state index contributed by atoms with van der Waals surface area (Å²) < 4.78 is 11.0. The second-order valence-electron chi connectivity index (χ2n) is 10.0. The third-order valence-corrected chi connectivity index (χ3v) is 8.27. The molecule has 4 rings (SSSR count). The van der Waals surface area contributed by atoms with Crippen LogP contribution in [0.3, 0.4) is 0 Å². The van der Waals surface area contributed by atoms with Gasteiger partial charge in [0.15, 0.2) is 0 Å². The highest BCUT2D eigenvalue weighted by Gasteiger charge is 2.84. The predicted octanol–water partition coefficient (Wildman–Crippen LogP) is 3.95. The number of methoxy groups -OCH3 is 1. The number of fused-ring (bicyclic) bond motifs is 1. The summed E-state index contributed by atoms with van der Waals surface area (Å²) in [5.74, 6) is 2.52. The van der Waals surface area contributed by atoms with Gasteiger partial charge in [0, 0.05) is 7.11 Å². The molecule has 0 aliphatic heterocycles. The fraction of sp³-hybridized carbons (Fsp3) is 1.00. The van der Waals surface area contributed by atoms with Crippen molar-refractivity contribution in [3.05, 3.63) is 0 Å². The molecule has 4 aliphatic rings. The van der Waals surface area contributed by atoms with Crippen molar-refractivity contribution in [2.75, 3.05) is 7.11 Å². The molecule has 0 amide bonds. The van der Waals surface area contributed by atoms with Crippen LogP contribution in [0.4, 0.5) is 0 Å². The molecule has 3 nitrogen and oxygen atoms in total. The first kappa shape index (κ1) is 15.4. The van der Waals surface area contributed by atoms with E-state index in [1.165, 1.54) is 32.8 Å². The van der Waals surface area contributed by atoms with Crippen molar-refractivity contribution >= 4 is 0 Å². The van der Waals surface area contributed by atoms with E-state index in [-0.39, 0.29) is 5.60 Å². The Kier molecular flexibility index (Phi) is 3.00. The molecule has 3 heteroatoms. The van der Waals surface area contributed by atoms with E-state index in [9.17, 15) is 5.11 Å². The van der Waals surface area contributed by atoms with E-state index in [4.69, 9.17) is 9.47 Å². The molecule has 7 unspecified atom stereocenters. The molecule has 1 spiro atoms. The molecular weight excluding hydrogens is 276 g/mol. The minimum atomic E-state index is -1.05. The zero-order valence-electron chi connectivity index (χ0n) is 14.8. The maximum absolute atomic E-state index is 9.87. The van der Waals surface area contributed by atoms with Crippen LogP contribution in [0.1, 0.15) is 66.2 Å². The van der Waals surface area contributed by atoms with Crippen molar-refractivity contribution < 1.29 is 14.6 Å². The molecule has 0 heterocycles. The Labute approximate surface area is 134 Å². The molecule has 4 saturated carbocycles. The molecule has 2 bridgehead atoms. The lowest BCUT2D eigenvalue weighted by molar-refractivity contribution is -0.309. The van der Waals surface area contributed by atoms with Gasteiger partial charge >= 0.3 is 0 Å². The van der Waals surface area contributed by atoms with Gasteiger partial charge in [-0.25, -0.2) is 0 Å². The summed E-state index contributed by atoms with van der Waals surface area (Å²) in [6, 6.07) is 0. The Balaban J connectivity index is 1.58. The smallest absolute Gasteiger partial charge is 0.269 e. The van der Waals surface area contributed by atoms with Gasteiger partial charge in [0.25, 0.3) is 6.48 Å². The Hall–Kier alpha value is -0.120. The van der Waals surface area contributed by atoms with E-state index in [0.29, 0.717) is 16.2 Å². The average molecular weight is 308 g/mol. The topological polar surface area (TPSA) is 38.7 Å². The Bertz CT molecular complexity index is 484. The van der Waals surface area contributed by atoms with Gasteiger partial charge < -0.3 is 14.6 Å². The van der Waals surface area contributed by atoms with Crippen LogP contribution in [-0.2, 0) is 9.47 Å². The van der Waals surface area contributed by atoms with E-state index >= 15 is 0 Å². The lowest BCUT2D eigenvalue weighted by atomic mass is 9.30. The van der Waals surface area contributed by atoms with E-state index in [1.54, 1.807) is 0 Å². The number of aliphatic hydroxyl groups excluding tert-OH is 1. The molecular formula is C19H32O3. The second kappa shape index (κ2) is 4.29. The molecule has 0 aromatic carbocycles. The van der Waals surface area contributed by atoms with Gasteiger partial charge in [-0.15, -0.1) is 0 Å². The molecule has 0 radical (unpaired) electrons. The van der Waals surface area contributed by atoms with Gasteiger partial charge in [-0.05, 0) is 72.5 Å². The van der Waals surface area contributed by atoms with Crippen LogP contribution in [0.5, 0.6) is 0 Å². The number of rotatable bonds is 5. The minimum Gasteiger partial charge on any atom is -0.346 e. The molecule has 7 atom stereocenters. The second-order valence-corrected chi connectivity index (χ2v) is 10.0. The molecule has 4 fully saturated rings. The Morgan fingerprint density at radius 3 is 2.45 bits per heavy atom. The van der Waals surface area contributed by atoms with Crippen molar-refractivity contribution in [2.24, 2.45) is 34.0 Å². The van der Waals surface area contributed by atoms with Crippen LogP contribution in [-0.4, -0.2) is 24.3 Å². The summed E-state index contributed by atoms with van der Waals surface area (Å²) in [5, 5.41) is 9.87. The fourth-order valence-corrected chi connectivity index (χ4v) is 7.01. The first-order valence-electron chi connectivity index (χ1n) is 9.05. The van der Waals surface area contributed by atoms with Gasteiger partial charge in [0.1, 0.15) is 0 Å². The molecule has 0 aromatic rings. The van der Waals surface area contributed by atoms with Crippen LogP contribution in [0, 0.1) is 34.0 Å². The van der Waals surface area contributed by atoms with Crippen LogP contribution in [0.2, 0.25) is 0 Å². The van der Waals surface area contributed by atoms with Crippen molar-refractivity contribution in [1.82, 2.24) is 0 Å². The summed E-state index contributed by atoms with van der Waals surface area (Å²) in [5.41, 5.74) is 1.31. The predicted molar refractivity (Wildman–Crippen MR) is 85.0 cm³/mol. The van der Waals surface area contributed by atoms with Gasteiger partial charge in [-0.2, -0.15) is 0 Å². The molecule has 22 heavy (non-hydrogen) atoms. The van der Waals surface area contributed by atoms with Crippen LogP contribution >= 0.6 is 0 Å². The van der Waals surface area contributed by atoms with E-state index in [1.807, 2.05) is 0 Å². The number of hydrogen-bond donors (Lipinski definition) is 1. The standard InChI is InChI=1S/C19H32O3/c1-12(16(2,3)4)7-17-8-13-6-14-9-18(10-17,11-19(13,14)17)22-15(20)21-5/h12-15,20H,6-11H2,1-5H3. The highest BCUT2D eigenvalue weighted by molar-refractivity contribution is 5.33. The van der Waals surface area contributed by atoms with E-state index < -0.39 is 6.48 Å². The Morgan fingerprint density at radius 2 is 1.86 bits per heavy atom. The lowest BCUT2D eigenvalue weighted by Gasteiger charge is -2.74. The number of aliphatic hydroxyl groups is 1. The van der Waals surface area contributed by atoms with Gasteiger partial charge in [-0.3, -0.25) is 0 Å². The van der Waals surface area contributed by atoms with E-state index in [2.05, 4.69) is 27.7 Å². The molecule has 0 aromatic heterocycles. The normalized spacial score (nSPS) is 51.0. The summed E-state index contributed by atoms with van der Waals surface area (Å²) in [6.07, 6.45) is 7.60. The molecule has 4 aliphatic carbocycles. The molecule has 0 saturated heterocycles. The third-order valence-electron chi connectivity index (χ3n) is 8.27. The van der Waals surface area contributed by atoms with Crippen molar-refractivity contribution in [3.63, 3.8) is 0 Å². The SMILES string of the molecule is COC(O)OC12CC3CC4CC(CC(C)C(C)(C)C)(C1)C34C2. The molecule has 126 valence electrons. The molecule has 1 N–H and O–H groups in total. The zero-order chi connectivity index (χ0) is 16.0. The minimum absolute atomic E-state index is 0.108. The van der Waals surface area contributed by atoms with Crippen LogP contribution in [0.25, 0.3) is 0 Å². The van der Waals surface area contributed by atoms with Crippen LogP contribution < -0.4 is 0 Å². The monoisotopic (exact) mass is 308 g/mol.